The maximum atomic E-state index is 4.76. The van der Waals surface area contributed by atoms with E-state index in [-0.39, 0.29) is 0 Å². The van der Waals surface area contributed by atoms with Crippen LogP contribution in [0.3, 0.4) is 0 Å². The predicted molar refractivity (Wildman–Crippen MR) is 497 cm³/mol. The number of likely N-dealkylation sites (N-methyl/N-ethyl adjacent to an activating group) is 6. The molecule has 18 heteroatoms. The summed E-state index contributed by atoms with van der Waals surface area (Å²) in [5.74, 6) is 0. The smallest absolute Gasteiger partial charge is 0.0607 e. The Morgan fingerprint density at radius 3 is 0.770 bits per heavy atom. The first-order chi connectivity index (χ1) is 59.9. The van der Waals surface area contributed by atoms with Gasteiger partial charge in [0.1, 0.15) is 0 Å². The van der Waals surface area contributed by atoms with Gasteiger partial charge in [-0.2, -0.15) is 0 Å². The van der Waals surface area contributed by atoms with Crippen LogP contribution in [0.15, 0.2) is 146 Å². The number of nitrogens with one attached hydrogen (secondary N) is 4. The van der Waals surface area contributed by atoms with E-state index in [0.717, 1.165) is 104 Å². The topological polar surface area (TPSA) is 132 Å². The number of hydrogen-bond acceptors (Lipinski definition) is 18. The van der Waals surface area contributed by atoms with Crippen molar-refractivity contribution in [3.05, 3.63) is 258 Å². The lowest BCUT2D eigenvalue weighted by Crippen LogP contribution is -2.46. The van der Waals surface area contributed by atoms with Crippen LogP contribution in [0.5, 0.6) is 0 Å². The molecule has 8 atom stereocenters. The maximum Gasteiger partial charge on any atom is 0.0607 e. The van der Waals surface area contributed by atoms with Crippen molar-refractivity contribution in [2.45, 2.75) is 242 Å². The van der Waals surface area contributed by atoms with Crippen LogP contribution in [-0.4, -0.2) is 240 Å². The van der Waals surface area contributed by atoms with E-state index in [1.54, 1.807) is 44.5 Å². The summed E-state index contributed by atoms with van der Waals surface area (Å²) in [5.41, 5.74) is 29.7. The van der Waals surface area contributed by atoms with Crippen molar-refractivity contribution in [2.24, 2.45) is 0 Å². The number of aromatic nitrogens is 4. The SMILES string of the molecule is CN(C[C@@H]1Cc2c(cccc2CN2CCCCC2)CN1)[C@H]1CCCc2cccnc21.CN(C[C@H]1Cc2c(cccc2CN2CCCCC2)CN1)[C@H]1CCCc2cccnc21.CN1CCN(Cc2cccc3c2C[C@@H](CN(C)[C@H]2CCCc4cccnc42)NC3)CC1.CN1CCN(Cc2cccc3c2C[C@H](CN(C)[C@H]2CCCc4cccnc42)NC3)CC1. The third-order valence-corrected chi connectivity index (χ3v) is 30.1. The quantitative estimate of drug-likeness (QED) is 0.0576. The van der Waals surface area contributed by atoms with Gasteiger partial charge in [-0.05, 0) is 310 Å². The van der Waals surface area contributed by atoms with Gasteiger partial charge in [0.05, 0.1) is 46.9 Å². The summed E-state index contributed by atoms with van der Waals surface area (Å²) in [4.78, 5) is 44.7. The standard InChI is InChI=1S/2C26H37N5.2C26H36N4/c2*1-29-12-14-31(15-13-29)18-22-8-3-7-21-17-28-23(16-24(21)22)19-30(2)25-10-4-6-20-9-5-11-27-26(20)25;2*1-29(25-12-6-8-20-11-7-13-27-26(20)25)19-23-16-24-21(17-28-23)9-5-10-22(24)18-30-14-3-2-4-15-30/h2*3,5,7-9,11,23,25,28H,4,6,10,12-19H2,1-2H3;2*5,7,9-11,13,23,25,28H,2-4,6,8,12,14-19H2,1H3/t23-,25+;23-,25-;23-,25+;23-,25-/m1010/s1. The minimum atomic E-state index is 0.453. The van der Waals surface area contributed by atoms with Gasteiger partial charge in [-0.15, -0.1) is 0 Å². The summed E-state index contributed by atoms with van der Waals surface area (Å²) < 4.78 is 0. The zero-order valence-corrected chi connectivity index (χ0v) is 75.3. The van der Waals surface area contributed by atoms with Crippen LogP contribution in [0, 0.1) is 0 Å². The number of piperidine rings is 2. The second-order valence-electron chi connectivity index (χ2n) is 38.8. The minimum absolute atomic E-state index is 0.453. The molecule has 652 valence electrons. The molecule has 8 aromatic rings. The molecule has 8 aliphatic heterocycles. The van der Waals surface area contributed by atoms with E-state index in [1.165, 1.54) is 261 Å². The van der Waals surface area contributed by atoms with Crippen LogP contribution in [-0.2, 0) is 104 Å². The first-order valence-electron chi connectivity index (χ1n) is 48.0. The number of aryl methyl sites for hydroxylation is 4. The average molecular weight is 1650 g/mol. The number of nitrogens with zero attached hydrogens (tertiary/aromatic N) is 14. The Labute approximate surface area is 732 Å². The number of hydrogen-bond donors (Lipinski definition) is 4. The van der Waals surface area contributed by atoms with Crippen LogP contribution in [0.4, 0.5) is 0 Å². The fourth-order valence-electron chi connectivity index (χ4n) is 23.0. The highest BCUT2D eigenvalue weighted by Crippen LogP contribution is 2.39. The molecule has 12 heterocycles. The largest absolute Gasteiger partial charge is 0.308 e. The van der Waals surface area contributed by atoms with Crippen LogP contribution in [0.25, 0.3) is 0 Å². The lowest BCUT2D eigenvalue weighted by Gasteiger charge is -2.37. The van der Waals surface area contributed by atoms with E-state index in [1.807, 2.05) is 24.8 Å². The molecular weight excluding hydrogens is 1500 g/mol. The first kappa shape index (κ1) is 87.0. The summed E-state index contributed by atoms with van der Waals surface area (Å²) in [6.45, 7) is 27.3. The fraction of sp³-hybridized carbons (Fsp3) is 0.577. The predicted octanol–water partition coefficient (Wildman–Crippen LogP) is 13.9. The Balaban J connectivity index is 0.000000116. The molecule has 4 aromatic carbocycles. The Kier molecular flexibility index (Phi) is 30.3. The molecule has 20 rings (SSSR count). The van der Waals surface area contributed by atoms with E-state index in [4.69, 9.17) is 19.9 Å². The van der Waals surface area contributed by atoms with E-state index in [9.17, 15) is 0 Å². The maximum absolute atomic E-state index is 4.76. The monoisotopic (exact) mass is 1650 g/mol. The van der Waals surface area contributed by atoms with E-state index < -0.39 is 0 Å². The van der Waals surface area contributed by atoms with Gasteiger partial charge in [0, 0.05) is 180 Å². The summed E-state index contributed by atoms with van der Waals surface area (Å²) in [6.07, 6.45) is 35.4. The molecule has 0 amide bonds. The van der Waals surface area contributed by atoms with E-state index in [0.29, 0.717) is 48.3 Å². The Bertz CT molecular complexity index is 4360. The molecular formula is C104H146N18. The van der Waals surface area contributed by atoms with Gasteiger partial charge in [-0.3, -0.25) is 59.1 Å². The summed E-state index contributed by atoms with van der Waals surface area (Å²) in [6, 6.07) is 49.1. The van der Waals surface area contributed by atoms with Gasteiger partial charge in [0.25, 0.3) is 0 Å². The Morgan fingerprint density at radius 1 is 0.279 bits per heavy atom. The van der Waals surface area contributed by atoms with Crippen molar-refractivity contribution in [2.75, 3.05) is 147 Å². The lowest BCUT2D eigenvalue weighted by atomic mass is 9.89. The highest BCUT2D eigenvalue weighted by atomic mass is 15.3. The lowest BCUT2D eigenvalue weighted by molar-refractivity contribution is 0.147. The van der Waals surface area contributed by atoms with E-state index in [2.05, 4.69) is 234 Å². The Hall–Kier alpha value is -7.08. The second-order valence-corrected chi connectivity index (χ2v) is 38.8. The molecule has 0 bridgehead atoms. The zero-order chi connectivity index (χ0) is 83.1. The number of pyridine rings is 4. The highest BCUT2D eigenvalue weighted by molar-refractivity contribution is 5.42. The molecule has 0 saturated carbocycles. The Morgan fingerprint density at radius 2 is 0.516 bits per heavy atom. The number of fused-ring (bicyclic) bond motifs is 8. The number of likely N-dealkylation sites (tertiary alicyclic amines) is 2. The molecule has 4 saturated heterocycles. The van der Waals surface area contributed by atoms with Crippen LogP contribution < -0.4 is 21.3 Å². The summed E-state index contributed by atoms with van der Waals surface area (Å²) in [7, 11) is 13.6. The van der Waals surface area contributed by atoms with Crippen molar-refractivity contribution < 1.29 is 0 Å². The van der Waals surface area contributed by atoms with Crippen molar-refractivity contribution in [1.82, 2.24) is 90.2 Å². The van der Waals surface area contributed by atoms with Gasteiger partial charge >= 0.3 is 0 Å². The summed E-state index contributed by atoms with van der Waals surface area (Å²) >= 11 is 0. The molecule has 4 fully saturated rings. The van der Waals surface area contributed by atoms with Crippen LogP contribution >= 0.6 is 0 Å². The zero-order valence-electron chi connectivity index (χ0n) is 75.3. The van der Waals surface area contributed by atoms with Gasteiger partial charge < -0.3 is 31.1 Å². The van der Waals surface area contributed by atoms with Gasteiger partial charge in [0.2, 0.25) is 0 Å². The average Bonchev–Trinajstić information content (AvgIpc) is 0.805. The molecule has 0 spiro atoms. The van der Waals surface area contributed by atoms with Gasteiger partial charge in [0.15, 0.2) is 0 Å². The van der Waals surface area contributed by atoms with E-state index >= 15 is 0 Å². The highest BCUT2D eigenvalue weighted by Gasteiger charge is 2.36. The van der Waals surface area contributed by atoms with Crippen LogP contribution in [0.1, 0.15) is 226 Å². The third-order valence-electron chi connectivity index (χ3n) is 30.1. The van der Waals surface area contributed by atoms with Gasteiger partial charge in [-0.1, -0.05) is 110 Å². The molecule has 122 heavy (non-hydrogen) atoms. The van der Waals surface area contributed by atoms with Crippen molar-refractivity contribution in [3.8, 4) is 0 Å². The van der Waals surface area contributed by atoms with Crippen molar-refractivity contribution in [1.29, 1.82) is 0 Å². The third kappa shape index (κ3) is 22.1. The first-order valence-corrected chi connectivity index (χ1v) is 48.0. The second kappa shape index (κ2) is 42.5. The number of benzene rings is 4. The van der Waals surface area contributed by atoms with Crippen molar-refractivity contribution in [3.63, 3.8) is 0 Å². The molecule has 0 unspecified atom stereocenters. The fourth-order valence-corrected chi connectivity index (χ4v) is 23.0. The molecule has 12 aliphatic rings. The van der Waals surface area contributed by atoms with Crippen LogP contribution in [0.2, 0.25) is 0 Å². The number of piperazine rings is 2. The molecule has 0 radical (unpaired) electrons. The molecule has 18 nitrogen and oxygen atoms in total. The molecule has 4 aromatic heterocycles. The van der Waals surface area contributed by atoms with Gasteiger partial charge in [-0.25, -0.2) is 0 Å². The molecule has 4 aliphatic carbocycles. The molecule has 4 N–H and O–H groups in total. The number of rotatable bonds is 20. The normalized spacial score (nSPS) is 24.6. The minimum Gasteiger partial charge on any atom is -0.308 e. The van der Waals surface area contributed by atoms with Crippen molar-refractivity contribution >= 4 is 0 Å². The summed E-state index contributed by atoms with van der Waals surface area (Å²) in [5, 5.41) is 15.3.